The third-order valence-electron chi connectivity index (χ3n) is 3.48. The first-order valence-electron chi connectivity index (χ1n) is 8.06. The fourth-order valence-corrected chi connectivity index (χ4v) is 3.35. The lowest BCUT2D eigenvalue weighted by molar-refractivity contribution is -0.121. The first kappa shape index (κ1) is 18.4. The molecule has 130 valence electrons. The zero-order valence-electron chi connectivity index (χ0n) is 14.9. The topological polar surface area (TPSA) is 72.7 Å². The van der Waals surface area contributed by atoms with E-state index in [-0.39, 0.29) is 22.6 Å². The van der Waals surface area contributed by atoms with Gasteiger partial charge in [-0.2, -0.15) is 0 Å². The molecule has 6 nitrogen and oxygen atoms in total. The van der Waals surface area contributed by atoms with Crippen LogP contribution in [0.1, 0.15) is 40.2 Å². The van der Waals surface area contributed by atoms with Crippen molar-refractivity contribution in [3.05, 3.63) is 35.9 Å². The van der Waals surface area contributed by atoms with Crippen LogP contribution >= 0.6 is 11.8 Å². The first-order valence-corrected chi connectivity index (χ1v) is 8.94. The van der Waals surface area contributed by atoms with Gasteiger partial charge in [0.05, 0.1) is 10.8 Å². The number of carbonyl (C=O) groups is 1. The molecule has 1 aromatic heterocycles. The maximum absolute atomic E-state index is 12.6. The van der Waals surface area contributed by atoms with Crippen LogP contribution in [0.2, 0.25) is 0 Å². The van der Waals surface area contributed by atoms with Gasteiger partial charge in [0.15, 0.2) is 0 Å². The molecule has 0 aliphatic carbocycles. The number of amides is 1. The number of hydrogen-bond donors (Lipinski definition) is 1. The third kappa shape index (κ3) is 4.80. The van der Waals surface area contributed by atoms with Gasteiger partial charge in [-0.1, -0.05) is 55.9 Å². The number of nitrogens with zero attached hydrogens (tertiary/aromatic N) is 4. The zero-order chi connectivity index (χ0) is 17.7. The second-order valence-corrected chi connectivity index (χ2v) is 8.14. The van der Waals surface area contributed by atoms with E-state index in [2.05, 4.69) is 20.8 Å². The van der Waals surface area contributed by atoms with Crippen molar-refractivity contribution in [3.63, 3.8) is 0 Å². The highest BCUT2D eigenvalue weighted by Crippen LogP contribution is 2.29. The lowest BCUT2D eigenvalue weighted by atomic mass is 10.1. The van der Waals surface area contributed by atoms with E-state index >= 15 is 0 Å². The van der Waals surface area contributed by atoms with Gasteiger partial charge in [-0.05, 0) is 42.7 Å². The molecule has 1 amide bonds. The minimum atomic E-state index is -0.249. The summed E-state index contributed by atoms with van der Waals surface area (Å²) in [5, 5.41) is 15.3. The largest absolute Gasteiger partial charge is 0.351 e. The van der Waals surface area contributed by atoms with Gasteiger partial charge in [0.25, 0.3) is 0 Å². The van der Waals surface area contributed by atoms with Crippen molar-refractivity contribution in [2.24, 2.45) is 5.92 Å². The van der Waals surface area contributed by atoms with E-state index in [1.54, 1.807) is 4.68 Å². The molecule has 1 heterocycles. The number of benzene rings is 1. The van der Waals surface area contributed by atoms with Crippen LogP contribution in [0, 0.1) is 5.92 Å². The van der Waals surface area contributed by atoms with E-state index in [0.717, 1.165) is 5.56 Å². The highest BCUT2D eigenvalue weighted by atomic mass is 32.2. The second kappa shape index (κ2) is 7.79. The van der Waals surface area contributed by atoms with Crippen molar-refractivity contribution in [3.8, 4) is 0 Å². The standard InChI is InChI=1S/C17H25N5OS/c1-12(2)14(15(23)18-11-13-9-7-6-8-10-13)24-16-19-20-21-22(16)17(3,4)5/h6-10,12,14H,11H2,1-5H3,(H,18,23)/t14-/m1/s1. The molecule has 0 bridgehead atoms. The molecule has 1 atom stereocenters. The summed E-state index contributed by atoms with van der Waals surface area (Å²) < 4.78 is 1.76. The van der Waals surface area contributed by atoms with Crippen LogP contribution in [0.25, 0.3) is 0 Å². The third-order valence-corrected chi connectivity index (χ3v) is 4.96. The highest BCUT2D eigenvalue weighted by Gasteiger charge is 2.28. The number of hydrogen-bond acceptors (Lipinski definition) is 5. The Hall–Kier alpha value is -1.89. The molecular formula is C17H25N5OS. The van der Waals surface area contributed by atoms with Crippen molar-refractivity contribution < 1.29 is 4.79 Å². The summed E-state index contributed by atoms with van der Waals surface area (Å²) in [6.07, 6.45) is 0. The average molecular weight is 347 g/mol. The number of nitrogens with one attached hydrogen (secondary N) is 1. The molecule has 2 aromatic rings. The molecule has 1 N–H and O–H groups in total. The molecule has 0 radical (unpaired) electrons. The van der Waals surface area contributed by atoms with Crippen LogP contribution in [-0.2, 0) is 16.9 Å². The Morgan fingerprint density at radius 3 is 2.50 bits per heavy atom. The smallest absolute Gasteiger partial charge is 0.234 e. The lowest BCUT2D eigenvalue weighted by Gasteiger charge is -2.23. The van der Waals surface area contributed by atoms with Crippen LogP contribution in [0.15, 0.2) is 35.5 Å². The monoisotopic (exact) mass is 347 g/mol. The Morgan fingerprint density at radius 1 is 1.25 bits per heavy atom. The zero-order valence-corrected chi connectivity index (χ0v) is 15.7. The van der Waals surface area contributed by atoms with E-state index < -0.39 is 0 Å². The van der Waals surface area contributed by atoms with Gasteiger partial charge in [-0.25, -0.2) is 4.68 Å². The van der Waals surface area contributed by atoms with Gasteiger partial charge < -0.3 is 5.32 Å². The van der Waals surface area contributed by atoms with Crippen molar-refractivity contribution in [1.29, 1.82) is 0 Å². The molecule has 24 heavy (non-hydrogen) atoms. The Bertz CT molecular complexity index is 663. The van der Waals surface area contributed by atoms with Crippen LogP contribution in [0.3, 0.4) is 0 Å². The predicted molar refractivity (Wildman–Crippen MR) is 95.6 cm³/mol. The molecule has 0 saturated carbocycles. The Kier molecular flexibility index (Phi) is 5.99. The van der Waals surface area contributed by atoms with Gasteiger partial charge in [-0.3, -0.25) is 4.79 Å². The normalized spacial score (nSPS) is 13.1. The highest BCUT2D eigenvalue weighted by molar-refractivity contribution is 8.00. The molecule has 2 rings (SSSR count). The fraction of sp³-hybridized carbons (Fsp3) is 0.529. The van der Waals surface area contributed by atoms with E-state index in [1.165, 1.54) is 11.8 Å². The summed E-state index contributed by atoms with van der Waals surface area (Å²) in [6, 6.07) is 9.89. The first-order chi connectivity index (χ1) is 11.3. The van der Waals surface area contributed by atoms with Crippen LogP contribution < -0.4 is 5.32 Å². The fourth-order valence-electron chi connectivity index (χ4n) is 2.17. The lowest BCUT2D eigenvalue weighted by Crippen LogP contribution is -2.36. The summed E-state index contributed by atoms with van der Waals surface area (Å²) in [5.41, 5.74) is 0.853. The molecular weight excluding hydrogens is 322 g/mol. The predicted octanol–water partition coefficient (Wildman–Crippen LogP) is 2.86. The van der Waals surface area contributed by atoms with Crippen molar-refractivity contribution in [2.45, 2.75) is 57.1 Å². The van der Waals surface area contributed by atoms with Crippen LogP contribution in [-0.4, -0.2) is 31.4 Å². The SMILES string of the molecule is CC(C)[C@@H](Sc1nnnn1C(C)(C)C)C(=O)NCc1ccccc1. The number of rotatable bonds is 6. The van der Waals surface area contributed by atoms with Gasteiger partial charge in [0.1, 0.15) is 0 Å². The number of thioether (sulfide) groups is 1. The minimum absolute atomic E-state index is 0.00214. The number of tetrazole rings is 1. The molecule has 0 saturated heterocycles. The van der Waals surface area contributed by atoms with E-state index in [4.69, 9.17) is 0 Å². The van der Waals surface area contributed by atoms with Gasteiger partial charge in [0, 0.05) is 6.54 Å². The maximum atomic E-state index is 12.6. The van der Waals surface area contributed by atoms with E-state index in [1.807, 2.05) is 65.0 Å². The summed E-state index contributed by atoms with van der Waals surface area (Å²) in [7, 11) is 0. The summed E-state index contributed by atoms with van der Waals surface area (Å²) >= 11 is 1.42. The molecule has 7 heteroatoms. The molecule has 0 aliphatic rings. The molecule has 0 spiro atoms. The van der Waals surface area contributed by atoms with Gasteiger partial charge in [-0.15, -0.1) is 5.10 Å². The minimum Gasteiger partial charge on any atom is -0.351 e. The van der Waals surface area contributed by atoms with Crippen molar-refractivity contribution >= 4 is 17.7 Å². The number of carbonyl (C=O) groups excluding carboxylic acids is 1. The van der Waals surface area contributed by atoms with E-state index in [0.29, 0.717) is 11.7 Å². The van der Waals surface area contributed by atoms with Gasteiger partial charge >= 0.3 is 0 Å². The average Bonchev–Trinajstić information content (AvgIpc) is 2.99. The second-order valence-electron chi connectivity index (χ2n) is 7.03. The summed E-state index contributed by atoms with van der Waals surface area (Å²) in [5.74, 6) is 0.165. The molecule has 0 unspecified atom stereocenters. The van der Waals surface area contributed by atoms with Gasteiger partial charge in [0.2, 0.25) is 11.1 Å². The Labute approximate surface area is 147 Å². The van der Waals surface area contributed by atoms with Crippen molar-refractivity contribution in [1.82, 2.24) is 25.5 Å². The maximum Gasteiger partial charge on any atom is 0.234 e. The Morgan fingerprint density at radius 2 is 1.92 bits per heavy atom. The molecule has 1 aromatic carbocycles. The summed E-state index contributed by atoms with van der Waals surface area (Å²) in [4.78, 5) is 12.6. The van der Waals surface area contributed by atoms with Crippen molar-refractivity contribution in [2.75, 3.05) is 0 Å². The Balaban J connectivity index is 2.07. The number of aromatic nitrogens is 4. The summed E-state index contributed by atoms with van der Waals surface area (Å²) in [6.45, 7) is 10.7. The molecule has 0 aliphatic heterocycles. The molecule has 0 fully saturated rings. The van der Waals surface area contributed by atoms with E-state index in [9.17, 15) is 4.79 Å². The van der Waals surface area contributed by atoms with Crippen LogP contribution in [0.4, 0.5) is 0 Å². The quantitative estimate of drug-likeness (QED) is 0.814. The van der Waals surface area contributed by atoms with Crippen LogP contribution in [0.5, 0.6) is 0 Å².